The molecule has 2 amide bonds. The van der Waals surface area contributed by atoms with Gasteiger partial charge >= 0.3 is 0 Å². The SMILES string of the molecule is CCCCC1C(=O)N(C)CCN1C(=O)c1cc(C)n(CC)c1C. The van der Waals surface area contributed by atoms with Crippen LogP contribution < -0.4 is 0 Å². The largest absolute Gasteiger partial charge is 0.349 e. The average Bonchev–Trinajstić information content (AvgIpc) is 2.82. The minimum atomic E-state index is -0.314. The highest BCUT2D eigenvalue weighted by Crippen LogP contribution is 2.22. The fourth-order valence-corrected chi connectivity index (χ4v) is 3.49. The predicted molar refractivity (Wildman–Crippen MR) is 91.6 cm³/mol. The van der Waals surface area contributed by atoms with Gasteiger partial charge in [0.15, 0.2) is 0 Å². The zero-order valence-corrected chi connectivity index (χ0v) is 15.1. The third-order valence-electron chi connectivity index (χ3n) is 4.93. The van der Waals surface area contributed by atoms with Crippen molar-refractivity contribution in [1.29, 1.82) is 0 Å². The molecular weight excluding hydrogens is 290 g/mol. The number of piperazine rings is 1. The smallest absolute Gasteiger partial charge is 0.256 e. The second-order valence-electron chi connectivity index (χ2n) is 6.45. The summed E-state index contributed by atoms with van der Waals surface area (Å²) in [4.78, 5) is 29.1. The average molecular weight is 319 g/mol. The fraction of sp³-hybridized carbons (Fsp3) is 0.667. The molecule has 128 valence electrons. The summed E-state index contributed by atoms with van der Waals surface area (Å²) in [6, 6.07) is 1.65. The minimum Gasteiger partial charge on any atom is -0.349 e. The Balaban J connectivity index is 2.30. The fourth-order valence-electron chi connectivity index (χ4n) is 3.49. The molecule has 1 unspecified atom stereocenters. The maximum absolute atomic E-state index is 13.1. The van der Waals surface area contributed by atoms with Gasteiger partial charge in [0, 0.05) is 38.1 Å². The first kappa shape index (κ1) is 17.6. The molecule has 1 saturated heterocycles. The topological polar surface area (TPSA) is 45.6 Å². The Labute approximate surface area is 139 Å². The van der Waals surface area contributed by atoms with Crippen molar-refractivity contribution in [3.8, 4) is 0 Å². The Kier molecular flexibility index (Phi) is 5.50. The van der Waals surface area contributed by atoms with E-state index in [1.54, 1.807) is 9.80 Å². The van der Waals surface area contributed by atoms with Crippen molar-refractivity contribution in [3.05, 3.63) is 23.0 Å². The number of hydrogen-bond donors (Lipinski definition) is 0. The Hall–Kier alpha value is -1.78. The van der Waals surface area contributed by atoms with Crippen LogP contribution in [0.25, 0.3) is 0 Å². The summed E-state index contributed by atoms with van der Waals surface area (Å²) < 4.78 is 2.15. The van der Waals surface area contributed by atoms with Gasteiger partial charge in [-0.3, -0.25) is 9.59 Å². The number of hydrogen-bond acceptors (Lipinski definition) is 2. The van der Waals surface area contributed by atoms with Crippen molar-refractivity contribution in [2.45, 2.75) is 59.5 Å². The lowest BCUT2D eigenvalue weighted by Gasteiger charge is -2.39. The molecule has 0 N–H and O–H groups in total. The van der Waals surface area contributed by atoms with Crippen LogP contribution >= 0.6 is 0 Å². The third kappa shape index (κ3) is 3.28. The summed E-state index contributed by atoms with van der Waals surface area (Å²) >= 11 is 0. The van der Waals surface area contributed by atoms with Crippen LogP contribution in [0.2, 0.25) is 0 Å². The molecule has 0 aromatic carbocycles. The van der Waals surface area contributed by atoms with Crippen LogP contribution in [0, 0.1) is 13.8 Å². The van der Waals surface area contributed by atoms with E-state index in [0.717, 1.165) is 42.8 Å². The molecule has 0 radical (unpaired) electrons. The van der Waals surface area contributed by atoms with Crippen LogP contribution in [0.5, 0.6) is 0 Å². The molecule has 23 heavy (non-hydrogen) atoms. The van der Waals surface area contributed by atoms with E-state index < -0.39 is 0 Å². The van der Waals surface area contributed by atoms with Crippen molar-refractivity contribution < 1.29 is 9.59 Å². The van der Waals surface area contributed by atoms with E-state index >= 15 is 0 Å². The van der Waals surface area contributed by atoms with E-state index in [4.69, 9.17) is 0 Å². The molecule has 1 aromatic rings. The lowest BCUT2D eigenvalue weighted by Crippen LogP contribution is -2.57. The molecule has 1 aliphatic heterocycles. The van der Waals surface area contributed by atoms with Gasteiger partial charge in [-0.1, -0.05) is 19.8 Å². The lowest BCUT2D eigenvalue weighted by atomic mass is 10.0. The van der Waals surface area contributed by atoms with Crippen LogP contribution in [0.1, 0.15) is 54.9 Å². The van der Waals surface area contributed by atoms with Crippen molar-refractivity contribution in [1.82, 2.24) is 14.4 Å². The number of rotatable bonds is 5. The Morgan fingerprint density at radius 3 is 2.52 bits per heavy atom. The van der Waals surface area contributed by atoms with Crippen molar-refractivity contribution in [3.63, 3.8) is 0 Å². The Morgan fingerprint density at radius 1 is 1.26 bits per heavy atom. The molecule has 1 aliphatic rings. The molecule has 1 aromatic heterocycles. The predicted octanol–water partition coefficient (Wildman–Crippen LogP) is 2.60. The molecule has 0 bridgehead atoms. The molecule has 5 nitrogen and oxygen atoms in total. The number of carbonyl (C=O) groups excluding carboxylic acids is 2. The molecule has 0 spiro atoms. The summed E-state index contributed by atoms with van der Waals surface area (Å²) in [5.41, 5.74) is 2.83. The number of unbranched alkanes of at least 4 members (excludes halogenated alkanes) is 1. The zero-order valence-electron chi connectivity index (χ0n) is 15.1. The summed E-state index contributed by atoms with van der Waals surface area (Å²) in [6.45, 7) is 10.3. The molecular formula is C18H29N3O2. The standard InChI is InChI=1S/C18H29N3O2/c1-6-8-9-16-18(23)19(5)10-11-21(16)17(22)15-12-13(3)20(7-2)14(15)4/h12,16H,6-11H2,1-5H3. The van der Waals surface area contributed by atoms with Gasteiger partial charge in [-0.05, 0) is 33.3 Å². The molecule has 0 aliphatic carbocycles. The first-order valence-corrected chi connectivity index (χ1v) is 8.65. The van der Waals surface area contributed by atoms with E-state index in [-0.39, 0.29) is 17.9 Å². The third-order valence-corrected chi connectivity index (χ3v) is 4.93. The van der Waals surface area contributed by atoms with E-state index in [0.29, 0.717) is 13.1 Å². The van der Waals surface area contributed by atoms with Gasteiger partial charge in [0.25, 0.3) is 5.91 Å². The van der Waals surface area contributed by atoms with E-state index in [9.17, 15) is 9.59 Å². The van der Waals surface area contributed by atoms with Crippen LogP contribution in [-0.2, 0) is 11.3 Å². The van der Waals surface area contributed by atoms with Gasteiger partial charge in [0.2, 0.25) is 5.91 Å². The summed E-state index contributed by atoms with van der Waals surface area (Å²) in [5, 5.41) is 0. The summed E-state index contributed by atoms with van der Waals surface area (Å²) in [6.07, 6.45) is 2.74. The van der Waals surface area contributed by atoms with Crippen molar-refractivity contribution in [2.75, 3.05) is 20.1 Å². The minimum absolute atomic E-state index is 0.000327. The molecule has 2 heterocycles. The second kappa shape index (κ2) is 7.20. The monoisotopic (exact) mass is 319 g/mol. The lowest BCUT2D eigenvalue weighted by molar-refractivity contribution is -0.138. The van der Waals surface area contributed by atoms with E-state index in [2.05, 4.69) is 18.4 Å². The van der Waals surface area contributed by atoms with E-state index in [1.165, 1.54) is 0 Å². The number of carbonyl (C=O) groups is 2. The number of likely N-dealkylation sites (N-methyl/N-ethyl adjacent to an activating group) is 1. The van der Waals surface area contributed by atoms with Crippen LogP contribution in [0.15, 0.2) is 6.07 Å². The highest BCUT2D eigenvalue weighted by molar-refractivity contribution is 5.99. The van der Waals surface area contributed by atoms with E-state index in [1.807, 2.05) is 27.0 Å². The molecule has 5 heteroatoms. The van der Waals surface area contributed by atoms with Gasteiger partial charge < -0.3 is 14.4 Å². The number of aromatic nitrogens is 1. The van der Waals surface area contributed by atoms with Crippen LogP contribution in [0.3, 0.4) is 0 Å². The highest BCUT2D eigenvalue weighted by Gasteiger charge is 2.36. The number of aryl methyl sites for hydroxylation is 1. The summed E-state index contributed by atoms with van der Waals surface area (Å²) in [7, 11) is 1.83. The van der Waals surface area contributed by atoms with Gasteiger partial charge in [-0.2, -0.15) is 0 Å². The van der Waals surface area contributed by atoms with Crippen LogP contribution in [0.4, 0.5) is 0 Å². The van der Waals surface area contributed by atoms with Crippen molar-refractivity contribution in [2.24, 2.45) is 0 Å². The van der Waals surface area contributed by atoms with Crippen LogP contribution in [-0.4, -0.2) is 52.4 Å². The van der Waals surface area contributed by atoms with Crippen molar-refractivity contribution >= 4 is 11.8 Å². The molecule has 0 saturated carbocycles. The van der Waals surface area contributed by atoms with Gasteiger partial charge in [0.1, 0.15) is 6.04 Å². The normalized spacial score (nSPS) is 18.7. The number of amides is 2. The summed E-state index contributed by atoms with van der Waals surface area (Å²) in [5.74, 6) is 0.0719. The Morgan fingerprint density at radius 2 is 1.96 bits per heavy atom. The van der Waals surface area contributed by atoms with Gasteiger partial charge in [-0.15, -0.1) is 0 Å². The molecule has 1 fully saturated rings. The van der Waals surface area contributed by atoms with Gasteiger partial charge in [0.05, 0.1) is 5.56 Å². The van der Waals surface area contributed by atoms with Gasteiger partial charge in [-0.25, -0.2) is 0 Å². The highest BCUT2D eigenvalue weighted by atomic mass is 16.2. The number of nitrogens with zero attached hydrogens (tertiary/aromatic N) is 3. The first-order valence-electron chi connectivity index (χ1n) is 8.65. The maximum Gasteiger partial charge on any atom is 0.256 e. The second-order valence-corrected chi connectivity index (χ2v) is 6.45. The molecule has 1 atom stereocenters. The Bertz CT molecular complexity index is 591. The maximum atomic E-state index is 13.1. The quantitative estimate of drug-likeness (QED) is 0.837. The zero-order chi connectivity index (χ0) is 17.1. The molecule has 2 rings (SSSR count). The first-order chi connectivity index (χ1) is 10.9.